The fourth-order valence-corrected chi connectivity index (χ4v) is 20.5. The molecule has 0 N–H and O–H groups in total. The molecular formula is C108H168O3. The molecule has 3 heteroatoms. The maximum atomic E-state index is 5.50. The summed E-state index contributed by atoms with van der Waals surface area (Å²) in [6.45, 7) is 23.4. The first kappa shape index (κ1) is 92.9. The summed E-state index contributed by atoms with van der Waals surface area (Å²) in [6.07, 6.45) is 68.0. The van der Waals surface area contributed by atoms with E-state index in [0.29, 0.717) is 0 Å². The van der Waals surface area contributed by atoms with Crippen LogP contribution in [-0.4, -0.2) is 20.8 Å². The zero-order valence-electron chi connectivity index (χ0n) is 74.0. The van der Waals surface area contributed by atoms with E-state index >= 15 is 0 Å². The van der Waals surface area contributed by atoms with Gasteiger partial charge in [-0.2, -0.15) is 0 Å². The molecule has 12 rings (SSSR count). The third kappa shape index (κ3) is 35.4. The van der Waals surface area contributed by atoms with Crippen LogP contribution in [0.15, 0.2) is 146 Å². The van der Waals surface area contributed by atoms with Crippen LogP contribution in [-0.2, 0) is 12.8 Å². The number of ether oxygens (including phenoxy) is 3. The molecule has 6 fully saturated rings. The average molecular weight is 1510 g/mol. The molecule has 0 radical (unpaired) electrons. The Hall–Kier alpha value is -5.28. The molecule has 111 heavy (non-hydrogen) atoms. The highest BCUT2D eigenvalue weighted by atomic mass is 16.5. The van der Waals surface area contributed by atoms with Gasteiger partial charge in [-0.3, -0.25) is 0 Å². The van der Waals surface area contributed by atoms with E-state index in [2.05, 4.69) is 196 Å². The van der Waals surface area contributed by atoms with Crippen LogP contribution < -0.4 is 14.2 Å². The molecule has 0 unspecified atom stereocenters. The number of hydrogen-bond donors (Lipinski definition) is 0. The Morgan fingerprint density at radius 1 is 0.243 bits per heavy atom. The standard InChI is InChI=1S/C20H38.C19H36.C18H22O.C18H22.C17H26O.C16H24O/c1-3-5-6-8-18-11-15-20(16-12-18)19-13-9-17(7-4-2)10-14-19;1-3-5-7-17-10-14-19(15-11-17)18-12-8-16(6-4-2)9-13-18;1-3-4-5-6-15-7-9-16(10-8-15)17-11-13-18(19-2)14-12-17;1-3-4-5-6-16-9-13-18(14-10-16)17-11-7-15(2)8-12-17;1-3-5-14-6-8-15(9-7-14)16-10-12-17(13-11-16)18-4-2;1-3-4-13-5-7-14(8-6-13)15-9-11-16(17-2)12-10-15/h17-20H,3-16H2,1-2H3;16-19H,3-15H2,1-2H3;7-14H,3-6H2,1-2H3;7-14H,3-6H2,1-2H3;10-15H,3-9H2,1-2H3;9-14H,3-8H2,1-2H3. The summed E-state index contributed by atoms with van der Waals surface area (Å²) >= 11 is 0. The minimum atomic E-state index is 0.751. The van der Waals surface area contributed by atoms with Crippen molar-refractivity contribution in [3.63, 3.8) is 0 Å². The van der Waals surface area contributed by atoms with Crippen molar-refractivity contribution in [3.8, 4) is 39.5 Å². The predicted molar refractivity (Wildman–Crippen MR) is 487 cm³/mol. The van der Waals surface area contributed by atoms with Crippen LogP contribution in [0.1, 0.15) is 391 Å². The molecule has 0 aromatic heterocycles. The van der Waals surface area contributed by atoms with E-state index in [1.807, 2.05) is 19.1 Å². The number of rotatable bonds is 33. The van der Waals surface area contributed by atoms with Crippen LogP contribution in [0.5, 0.6) is 17.2 Å². The zero-order valence-corrected chi connectivity index (χ0v) is 74.0. The van der Waals surface area contributed by atoms with Gasteiger partial charge >= 0.3 is 0 Å². The molecule has 6 aromatic carbocycles. The first-order chi connectivity index (χ1) is 54.4. The van der Waals surface area contributed by atoms with Gasteiger partial charge in [0.1, 0.15) is 17.2 Å². The molecule has 0 atom stereocenters. The fourth-order valence-electron chi connectivity index (χ4n) is 20.5. The number of aryl methyl sites for hydroxylation is 3. The van der Waals surface area contributed by atoms with Crippen molar-refractivity contribution in [2.24, 2.45) is 59.2 Å². The summed E-state index contributed by atoms with van der Waals surface area (Å²) in [7, 11) is 3.42. The highest BCUT2D eigenvalue weighted by molar-refractivity contribution is 5.65. The van der Waals surface area contributed by atoms with E-state index in [9.17, 15) is 0 Å². The normalized spacial score (nSPS) is 23.7. The molecule has 6 aliphatic rings. The number of methoxy groups -OCH3 is 2. The van der Waals surface area contributed by atoms with Gasteiger partial charge in [0, 0.05) is 0 Å². The maximum absolute atomic E-state index is 5.50. The van der Waals surface area contributed by atoms with Crippen molar-refractivity contribution in [1.82, 2.24) is 0 Å². The van der Waals surface area contributed by atoms with E-state index in [0.717, 1.165) is 94.9 Å². The van der Waals surface area contributed by atoms with E-state index in [1.165, 1.54) is 249 Å². The van der Waals surface area contributed by atoms with Crippen molar-refractivity contribution in [3.05, 3.63) is 173 Å². The van der Waals surface area contributed by atoms with E-state index in [4.69, 9.17) is 14.2 Å². The number of unbranched alkanes of at least 4 members (excludes halogenated alkanes) is 7. The Kier molecular flexibility index (Phi) is 46.9. The van der Waals surface area contributed by atoms with Crippen LogP contribution in [0, 0.1) is 66.1 Å². The number of hydrogen-bond acceptors (Lipinski definition) is 3. The highest BCUT2D eigenvalue weighted by Crippen LogP contribution is 2.46. The Balaban J connectivity index is 0.000000185. The second-order valence-electron chi connectivity index (χ2n) is 36.0. The second kappa shape index (κ2) is 56.1. The van der Waals surface area contributed by atoms with Gasteiger partial charge in [0.2, 0.25) is 0 Å². The van der Waals surface area contributed by atoms with E-state index < -0.39 is 0 Å². The topological polar surface area (TPSA) is 27.7 Å². The van der Waals surface area contributed by atoms with Crippen molar-refractivity contribution in [1.29, 1.82) is 0 Å². The SMILES string of the molecule is CCCC1CCC(c2ccc(OC)cc2)CC1.CCCC1CCC(c2ccc(OCC)cc2)CC1.CCCCC1CCC(C2CCC(CCC)CC2)CC1.CCCCCC1CCC(C2CCC(CCC)CC2)CC1.CCCCCc1ccc(-c2ccc(C)cc2)cc1.CCCCCc1ccc(-c2ccc(OC)cc2)cc1. The quantitative estimate of drug-likeness (QED) is 0.0384. The fraction of sp³-hybridized carbons (Fsp3) is 0.667. The van der Waals surface area contributed by atoms with E-state index in [1.54, 1.807) is 117 Å². The van der Waals surface area contributed by atoms with Gasteiger partial charge < -0.3 is 14.2 Å². The van der Waals surface area contributed by atoms with E-state index in [-0.39, 0.29) is 0 Å². The third-order valence-electron chi connectivity index (χ3n) is 27.7. The van der Waals surface area contributed by atoms with Gasteiger partial charge in [0.15, 0.2) is 0 Å². The van der Waals surface area contributed by atoms with Gasteiger partial charge in [-0.15, -0.1) is 0 Å². The van der Waals surface area contributed by atoms with Crippen molar-refractivity contribution < 1.29 is 14.2 Å². The third-order valence-corrected chi connectivity index (χ3v) is 27.7. The molecule has 618 valence electrons. The zero-order chi connectivity index (χ0) is 78.9. The van der Waals surface area contributed by atoms with Gasteiger partial charge in [0.05, 0.1) is 20.8 Å². The molecule has 0 heterocycles. The predicted octanol–water partition coefficient (Wildman–Crippen LogP) is 34.0. The Labute approximate surface area is 685 Å². The van der Waals surface area contributed by atoms with Crippen LogP contribution in [0.3, 0.4) is 0 Å². The number of benzene rings is 6. The van der Waals surface area contributed by atoms with Crippen molar-refractivity contribution in [2.75, 3.05) is 20.8 Å². The van der Waals surface area contributed by atoms with Gasteiger partial charge in [-0.25, -0.2) is 0 Å². The summed E-state index contributed by atoms with van der Waals surface area (Å²) in [5.41, 5.74) is 12.3. The lowest BCUT2D eigenvalue weighted by Gasteiger charge is -2.38. The molecule has 6 aromatic rings. The lowest BCUT2D eigenvalue weighted by atomic mass is 9.68. The van der Waals surface area contributed by atoms with Gasteiger partial charge in [-0.1, -0.05) is 344 Å². The average Bonchev–Trinajstić information content (AvgIpc) is 0.877. The molecule has 0 amide bonds. The molecule has 3 nitrogen and oxygen atoms in total. The van der Waals surface area contributed by atoms with Crippen LogP contribution in [0.4, 0.5) is 0 Å². The minimum absolute atomic E-state index is 0.751. The molecule has 6 saturated carbocycles. The monoisotopic (exact) mass is 1510 g/mol. The molecular weight excluding hydrogens is 1350 g/mol. The summed E-state index contributed by atoms with van der Waals surface area (Å²) in [5.74, 6) is 15.2. The maximum Gasteiger partial charge on any atom is 0.119 e. The first-order valence-corrected chi connectivity index (χ1v) is 47.7. The van der Waals surface area contributed by atoms with Gasteiger partial charge in [0.25, 0.3) is 0 Å². The Bertz CT molecular complexity index is 3150. The minimum Gasteiger partial charge on any atom is -0.497 e. The molecule has 6 aliphatic carbocycles. The summed E-state index contributed by atoms with van der Waals surface area (Å²) in [6, 6.07) is 52.3. The van der Waals surface area contributed by atoms with Crippen molar-refractivity contribution >= 4 is 0 Å². The largest absolute Gasteiger partial charge is 0.497 e. The van der Waals surface area contributed by atoms with Crippen molar-refractivity contribution in [2.45, 2.75) is 383 Å². The second-order valence-corrected chi connectivity index (χ2v) is 36.0. The lowest BCUT2D eigenvalue weighted by Crippen LogP contribution is -2.25. The van der Waals surface area contributed by atoms with Gasteiger partial charge in [-0.05, 0) is 294 Å². The first-order valence-electron chi connectivity index (χ1n) is 47.7. The smallest absolute Gasteiger partial charge is 0.119 e. The van der Waals surface area contributed by atoms with Crippen LogP contribution >= 0.6 is 0 Å². The molecule has 0 bridgehead atoms. The Morgan fingerprint density at radius 2 is 0.505 bits per heavy atom. The highest BCUT2D eigenvalue weighted by Gasteiger charge is 2.33. The molecule has 0 saturated heterocycles. The molecule has 0 aliphatic heterocycles. The van der Waals surface area contributed by atoms with Crippen LogP contribution in [0.25, 0.3) is 22.3 Å². The van der Waals surface area contributed by atoms with Crippen LogP contribution in [0.2, 0.25) is 0 Å². The lowest BCUT2D eigenvalue weighted by molar-refractivity contribution is 0.140. The Morgan fingerprint density at radius 3 is 0.802 bits per heavy atom. The summed E-state index contributed by atoms with van der Waals surface area (Å²) in [5, 5.41) is 0. The molecule has 0 spiro atoms. The summed E-state index contributed by atoms with van der Waals surface area (Å²) in [4.78, 5) is 0. The summed E-state index contributed by atoms with van der Waals surface area (Å²) < 4.78 is 15.9.